The Morgan fingerprint density at radius 3 is 2.47 bits per heavy atom. The monoisotopic (exact) mass is 259 g/mol. The van der Waals surface area contributed by atoms with Crippen LogP contribution in [0.1, 0.15) is 10.4 Å². The van der Waals surface area contributed by atoms with Crippen molar-refractivity contribution in [2.75, 3.05) is 13.1 Å². The van der Waals surface area contributed by atoms with Crippen LogP contribution in [0.5, 0.6) is 0 Å². The molecule has 1 fully saturated rings. The Morgan fingerprint density at radius 1 is 1.35 bits per heavy atom. The third-order valence-corrected chi connectivity index (χ3v) is 3.02. The molecular formula is C11H11ClFNO3. The first kappa shape index (κ1) is 12.3. The maximum Gasteiger partial charge on any atom is 0.254 e. The van der Waals surface area contributed by atoms with E-state index in [2.05, 4.69) is 0 Å². The topological polar surface area (TPSA) is 60.8 Å². The molecule has 17 heavy (non-hydrogen) atoms. The lowest BCUT2D eigenvalue weighted by Gasteiger charge is -2.15. The van der Waals surface area contributed by atoms with E-state index in [9.17, 15) is 19.4 Å². The predicted molar refractivity (Wildman–Crippen MR) is 59.3 cm³/mol. The van der Waals surface area contributed by atoms with Gasteiger partial charge in [0.05, 0.1) is 17.2 Å². The summed E-state index contributed by atoms with van der Waals surface area (Å²) in [6.45, 7) is 0.0918. The zero-order valence-corrected chi connectivity index (χ0v) is 9.56. The van der Waals surface area contributed by atoms with Crippen LogP contribution in [0.4, 0.5) is 4.39 Å². The molecule has 0 aliphatic carbocycles. The van der Waals surface area contributed by atoms with E-state index < -0.39 is 23.9 Å². The lowest BCUT2D eigenvalue weighted by atomic mass is 10.2. The van der Waals surface area contributed by atoms with Gasteiger partial charge < -0.3 is 15.1 Å². The molecule has 4 nitrogen and oxygen atoms in total. The van der Waals surface area contributed by atoms with Crippen LogP contribution in [0.3, 0.4) is 0 Å². The van der Waals surface area contributed by atoms with Crippen molar-refractivity contribution in [3.05, 3.63) is 34.6 Å². The van der Waals surface area contributed by atoms with Crippen LogP contribution in [0.15, 0.2) is 18.2 Å². The second-order valence-electron chi connectivity index (χ2n) is 3.97. The van der Waals surface area contributed by atoms with Crippen LogP contribution in [0.25, 0.3) is 0 Å². The lowest BCUT2D eigenvalue weighted by molar-refractivity contribution is 0.0572. The van der Waals surface area contributed by atoms with E-state index in [0.29, 0.717) is 0 Å². The summed E-state index contributed by atoms with van der Waals surface area (Å²) >= 11 is 5.51. The highest BCUT2D eigenvalue weighted by Crippen LogP contribution is 2.19. The van der Waals surface area contributed by atoms with Gasteiger partial charge in [0, 0.05) is 18.7 Å². The fourth-order valence-electron chi connectivity index (χ4n) is 1.75. The molecule has 0 spiro atoms. The number of β-amino-alcohol motifs (C(OH)–C–C–N with tert-alkyl or cyclic N) is 2. The number of aliphatic hydroxyl groups excluding tert-OH is 2. The molecule has 0 aromatic heterocycles. The molecule has 6 heteroatoms. The Bertz CT molecular complexity index is 444. The Labute approximate surface area is 102 Å². The van der Waals surface area contributed by atoms with Gasteiger partial charge >= 0.3 is 0 Å². The number of aliphatic hydroxyl groups is 2. The second kappa shape index (κ2) is 4.60. The predicted octanol–water partition coefficient (Wildman–Crippen LogP) is 0.657. The average molecular weight is 260 g/mol. The molecule has 1 amide bonds. The van der Waals surface area contributed by atoms with E-state index in [1.54, 1.807) is 0 Å². The molecule has 1 aromatic rings. The molecule has 2 N–H and O–H groups in total. The molecule has 2 rings (SSSR count). The van der Waals surface area contributed by atoms with Crippen LogP contribution in [-0.4, -0.2) is 46.3 Å². The van der Waals surface area contributed by atoms with Crippen molar-refractivity contribution in [2.24, 2.45) is 0 Å². The molecule has 2 unspecified atom stereocenters. The maximum absolute atomic E-state index is 13.2. The molecule has 92 valence electrons. The van der Waals surface area contributed by atoms with Crippen molar-refractivity contribution >= 4 is 17.5 Å². The minimum Gasteiger partial charge on any atom is -0.388 e. The van der Waals surface area contributed by atoms with Gasteiger partial charge in [0.25, 0.3) is 5.91 Å². The SMILES string of the molecule is O=C(c1ccc(Cl)c(F)c1)N1CC(O)C(O)C1. The van der Waals surface area contributed by atoms with E-state index >= 15 is 0 Å². The average Bonchev–Trinajstić information content (AvgIpc) is 2.62. The number of benzene rings is 1. The third kappa shape index (κ3) is 2.41. The number of carbonyl (C=O) groups excluding carboxylic acids is 1. The van der Waals surface area contributed by atoms with Gasteiger partial charge in [-0.25, -0.2) is 4.39 Å². The number of amides is 1. The van der Waals surface area contributed by atoms with Crippen molar-refractivity contribution in [3.63, 3.8) is 0 Å². The molecule has 0 bridgehead atoms. The zero-order valence-electron chi connectivity index (χ0n) is 8.81. The van der Waals surface area contributed by atoms with Gasteiger partial charge in [0.2, 0.25) is 0 Å². The fraction of sp³-hybridized carbons (Fsp3) is 0.364. The van der Waals surface area contributed by atoms with Crippen molar-refractivity contribution in [1.29, 1.82) is 0 Å². The Morgan fingerprint density at radius 2 is 1.94 bits per heavy atom. The van der Waals surface area contributed by atoms with Crippen LogP contribution in [0.2, 0.25) is 5.02 Å². The number of likely N-dealkylation sites (tertiary alicyclic amines) is 1. The van der Waals surface area contributed by atoms with Gasteiger partial charge in [-0.05, 0) is 18.2 Å². The Hall–Kier alpha value is -1.17. The summed E-state index contributed by atoms with van der Waals surface area (Å²) < 4.78 is 13.2. The maximum atomic E-state index is 13.2. The quantitative estimate of drug-likeness (QED) is 0.779. The molecule has 1 aliphatic heterocycles. The number of hydrogen-bond acceptors (Lipinski definition) is 3. The van der Waals surface area contributed by atoms with Crippen molar-refractivity contribution in [3.8, 4) is 0 Å². The van der Waals surface area contributed by atoms with Gasteiger partial charge in [-0.2, -0.15) is 0 Å². The van der Waals surface area contributed by atoms with Gasteiger partial charge in [0.15, 0.2) is 0 Å². The summed E-state index contributed by atoms with van der Waals surface area (Å²) in [5, 5.41) is 18.6. The summed E-state index contributed by atoms with van der Waals surface area (Å²) in [6, 6.07) is 3.75. The largest absolute Gasteiger partial charge is 0.388 e. The molecule has 2 atom stereocenters. The summed E-state index contributed by atoms with van der Waals surface area (Å²) in [5.41, 5.74) is 0.146. The smallest absolute Gasteiger partial charge is 0.254 e. The highest BCUT2D eigenvalue weighted by molar-refractivity contribution is 6.30. The van der Waals surface area contributed by atoms with Crippen molar-refractivity contribution in [1.82, 2.24) is 4.90 Å². The van der Waals surface area contributed by atoms with Crippen LogP contribution in [-0.2, 0) is 0 Å². The van der Waals surface area contributed by atoms with E-state index in [1.165, 1.54) is 17.0 Å². The number of nitrogens with zero attached hydrogens (tertiary/aromatic N) is 1. The molecule has 1 aromatic carbocycles. The minimum atomic E-state index is -0.948. The van der Waals surface area contributed by atoms with Crippen LogP contribution >= 0.6 is 11.6 Å². The normalized spacial score (nSPS) is 24.1. The van der Waals surface area contributed by atoms with Gasteiger partial charge in [-0.15, -0.1) is 0 Å². The molecule has 1 heterocycles. The summed E-state index contributed by atoms with van der Waals surface area (Å²) in [5.74, 6) is -1.10. The summed E-state index contributed by atoms with van der Waals surface area (Å²) in [7, 11) is 0. The number of rotatable bonds is 1. The molecule has 1 saturated heterocycles. The van der Waals surface area contributed by atoms with E-state index in [1.807, 2.05) is 0 Å². The summed E-state index contributed by atoms with van der Waals surface area (Å²) in [6.07, 6.45) is -1.90. The Balaban J connectivity index is 2.17. The van der Waals surface area contributed by atoms with Crippen molar-refractivity contribution < 1.29 is 19.4 Å². The van der Waals surface area contributed by atoms with E-state index in [0.717, 1.165) is 6.07 Å². The van der Waals surface area contributed by atoms with Gasteiger partial charge in [-0.3, -0.25) is 4.79 Å². The molecule has 0 radical (unpaired) electrons. The first-order chi connectivity index (χ1) is 7.99. The van der Waals surface area contributed by atoms with Gasteiger partial charge in [-0.1, -0.05) is 11.6 Å². The Kier molecular flexibility index (Phi) is 3.33. The molecule has 1 aliphatic rings. The molecular weight excluding hydrogens is 249 g/mol. The third-order valence-electron chi connectivity index (χ3n) is 2.71. The minimum absolute atomic E-state index is 0.0459. The van der Waals surface area contributed by atoms with Gasteiger partial charge in [0.1, 0.15) is 5.82 Å². The molecule has 0 saturated carbocycles. The fourth-order valence-corrected chi connectivity index (χ4v) is 1.86. The van der Waals surface area contributed by atoms with Crippen molar-refractivity contribution in [2.45, 2.75) is 12.2 Å². The number of hydrogen-bond donors (Lipinski definition) is 2. The number of halogens is 2. The highest BCUT2D eigenvalue weighted by Gasteiger charge is 2.33. The zero-order chi connectivity index (χ0) is 12.6. The lowest BCUT2D eigenvalue weighted by Crippen LogP contribution is -2.29. The van der Waals surface area contributed by atoms with E-state index in [4.69, 9.17) is 11.6 Å². The van der Waals surface area contributed by atoms with E-state index in [-0.39, 0.29) is 23.7 Å². The van der Waals surface area contributed by atoms with Crippen LogP contribution < -0.4 is 0 Å². The summed E-state index contributed by atoms with van der Waals surface area (Å²) in [4.78, 5) is 13.2. The first-order valence-corrected chi connectivity index (χ1v) is 5.47. The standard InChI is InChI=1S/C11H11ClFNO3/c12-7-2-1-6(3-8(7)13)11(17)14-4-9(15)10(16)5-14/h1-3,9-10,15-16H,4-5H2. The first-order valence-electron chi connectivity index (χ1n) is 5.09. The van der Waals surface area contributed by atoms with Crippen LogP contribution in [0, 0.1) is 5.82 Å². The second-order valence-corrected chi connectivity index (χ2v) is 4.38. The highest BCUT2D eigenvalue weighted by atomic mass is 35.5. The number of carbonyl (C=O) groups is 1.